The van der Waals surface area contributed by atoms with Gasteiger partial charge in [0.05, 0.1) is 11.5 Å². The van der Waals surface area contributed by atoms with Gasteiger partial charge in [0.15, 0.2) is 6.61 Å². The van der Waals surface area contributed by atoms with Crippen molar-refractivity contribution in [3.63, 3.8) is 0 Å². The summed E-state index contributed by atoms with van der Waals surface area (Å²) in [4.78, 5) is 24.5. The van der Waals surface area contributed by atoms with Gasteiger partial charge in [0.2, 0.25) is 0 Å². The zero-order chi connectivity index (χ0) is 17.0. The summed E-state index contributed by atoms with van der Waals surface area (Å²) in [5.41, 5.74) is -0.436. The number of nitrogens with one attached hydrogen (secondary N) is 1. The summed E-state index contributed by atoms with van der Waals surface area (Å²) in [6.45, 7) is -0.323. The van der Waals surface area contributed by atoms with Gasteiger partial charge in [-0.3, -0.25) is 9.59 Å². The summed E-state index contributed by atoms with van der Waals surface area (Å²) in [5, 5.41) is 12.2. The Hall–Kier alpha value is -2.35. The zero-order valence-electron chi connectivity index (χ0n) is 13.7. The number of nitrogens with zero attached hydrogens (tertiary/aromatic N) is 1. The second-order valence-corrected chi connectivity index (χ2v) is 6.83. The molecule has 126 valence electrons. The van der Waals surface area contributed by atoms with Gasteiger partial charge in [0.25, 0.3) is 5.91 Å². The molecule has 2 fully saturated rings. The number of esters is 1. The van der Waals surface area contributed by atoms with Crippen molar-refractivity contribution in [1.82, 2.24) is 5.32 Å². The number of hydrogen-bond acceptors (Lipinski definition) is 4. The van der Waals surface area contributed by atoms with Gasteiger partial charge in [-0.25, -0.2) is 0 Å². The lowest BCUT2D eigenvalue weighted by Gasteiger charge is -2.31. The van der Waals surface area contributed by atoms with Crippen molar-refractivity contribution >= 4 is 11.9 Å². The van der Waals surface area contributed by atoms with E-state index in [4.69, 9.17) is 4.74 Å². The highest BCUT2D eigenvalue weighted by molar-refractivity contribution is 5.89. The average Bonchev–Trinajstić information content (AvgIpc) is 3.43. The quantitative estimate of drug-likeness (QED) is 0.844. The van der Waals surface area contributed by atoms with Crippen LogP contribution in [0.3, 0.4) is 0 Å². The first kappa shape index (κ1) is 16.5. The largest absolute Gasteiger partial charge is 0.455 e. The summed E-state index contributed by atoms with van der Waals surface area (Å²) in [6, 6.07) is 11.8. The highest BCUT2D eigenvalue weighted by Crippen LogP contribution is 2.49. The second kappa shape index (κ2) is 6.64. The molecule has 24 heavy (non-hydrogen) atoms. The van der Waals surface area contributed by atoms with E-state index in [1.165, 1.54) is 0 Å². The summed E-state index contributed by atoms with van der Waals surface area (Å²) in [7, 11) is 0. The number of carbonyl (C=O) groups excluding carboxylic acids is 2. The van der Waals surface area contributed by atoms with Crippen LogP contribution in [-0.4, -0.2) is 24.0 Å². The average molecular weight is 326 g/mol. The molecule has 0 atom stereocenters. The predicted octanol–water partition coefficient (Wildman–Crippen LogP) is 2.60. The van der Waals surface area contributed by atoms with E-state index in [0.717, 1.165) is 37.7 Å². The Morgan fingerprint density at radius 2 is 1.75 bits per heavy atom. The summed E-state index contributed by atoms with van der Waals surface area (Å²) in [5.74, 6) is -0.742. The van der Waals surface area contributed by atoms with Crippen LogP contribution in [0.4, 0.5) is 0 Å². The van der Waals surface area contributed by atoms with Gasteiger partial charge in [0, 0.05) is 0 Å². The van der Waals surface area contributed by atoms with Gasteiger partial charge in [-0.2, -0.15) is 5.26 Å². The lowest BCUT2D eigenvalue weighted by Crippen LogP contribution is -2.50. The molecule has 0 saturated heterocycles. The third-order valence-corrected chi connectivity index (χ3v) is 5.10. The molecule has 3 rings (SSSR count). The minimum absolute atomic E-state index is 0.323. The van der Waals surface area contributed by atoms with Gasteiger partial charge in [-0.05, 0) is 31.2 Å². The van der Waals surface area contributed by atoms with E-state index in [2.05, 4.69) is 11.4 Å². The first-order chi connectivity index (χ1) is 11.6. The van der Waals surface area contributed by atoms with Crippen LogP contribution in [0.2, 0.25) is 0 Å². The second-order valence-electron chi connectivity index (χ2n) is 6.83. The molecule has 0 heterocycles. The lowest BCUT2D eigenvalue weighted by atomic mass is 9.83. The molecule has 2 saturated carbocycles. The molecule has 5 nitrogen and oxygen atoms in total. The molecular formula is C19H22N2O3. The van der Waals surface area contributed by atoms with Gasteiger partial charge >= 0.3 is 5.97 Å². The van der Waals surface area contributed by atoms with E-state index in [0.29, 0.717) is 12.8 Å². The Bertz CT molecular complexity index is 653. The van der Waals surface area contributed by atoms with Gasteiger partial charge < -0.3 is 10.1 Å². The van der Waals surface area contributed by atoms with Crippen molar-refractivity contribution in [2.24, 2.45) is 0 Å². The van der Waals surface area contributed by atoms with Crippen LogP contribution in [-0.2, 0) is 19.7 Å². The Labute approximate surface area is 142 Å². The molecule has 1 N–H and O–H groups in total. The standard InChI is InChI=1S/C19H22N2O3/c20-14-18(9-5-2-6-10-18)21-16(22)13-24-17(23)19(11-12-19)15-7-3-1-4-8-15/h1,3-4,7-8H,2,5-6,9-13H2,(H,21,22). The van der Waals surface area contributed by atoms with Gasteiger partial charge in [0.1, 0.15) is 5.54 Å². The zero-order valence-corrected chi connectivity index (χ0v) is 13.7. The maximum Gasteiger partial charge on any atom is 0.317 e. The third kappa shape index (κ3) is 3.28. The van der Waals surface area contributed by atoms with Crippen LogP contribution in [0.1, 0.15) is 50.5 Å². The van der Waals surface area contributed by atoms with E-state index in [1.807, 2.05) is 30.3 Å². The van der Waals surface area contributed by atoms with Crippen molar-refractivity contribution in [1.29, 1.82) is 5.26 Å². The van der Waals surface area contributed by atoms with E-state index < -0.39 is 16.9 Å². The lowest BCUT2D eigenvalue weighted by molar-refractivity contribution is -0.151. The van der Waals surface area contributed by atoms with Crippen LogP contribution in [0.5, 0.6) is 0 Å². The topological polar surface area (TPSA) is 79.2 Å². The monoisotopic (exact) mass is 326 g/mol. The molecular weight excluding hydrogens is 304 g/mol. The normalized spacial score (nSPS) is 20.5. The molecule has 0 unspecified atom stereocenters. The van der Waals surface area contributed by atoms with Crippen LogP contribution in [0.15, 0.2) is 30.3 Å². The molecule has 0 spiro atoms. The highest BCUT2D eigenvalue weighted by atomic mass is 16.5. The molecule has 0 aromatic heterocycles. The Morgan fingerprint density at radius 1 is 1.08 bits per heavy atom. The number of rotatable bonds is 5. The molecule has 0 bridgehead atoms. The molecule has 5 heteroatoms. The van der Waals surface area contributed by atoms with E-state index in [9.17, 15) is 14.9 Å². The number of hydrogen-bond donors (Lipinski definition) is 1. The first-order valence-electron chi connectivity index (χ1n) is 8.55. The van der Waals surface area contributed by atoms with Crippen molar-refractivity contribution < 1.29 is 14.3 Å². The maximum atomic E-state index is 12.4. The van der Waals surface area contributed by atoms with Crippen molar-refractivity contribution in [2.75, 3.05) is 6.61 Å². The summed E-state index contributed by atoms with van der Waals surface area (Å²) >= 11 is 0. The van der Waals surface area contributed by atoms with E-state index in [1.54, 1.807) is 0 Å². The Kier molecular flexibility index (Phi) is 4.57. The fourth-order valence-corrected chi connectivity index (χ4v) is 3.49. The minimum atomic E-state index is -0.793. The number of carbonyl (C=O) groups is 2. The Morgan fingerprint density at radius 3 is 2.33 bits per heavy atom. The predicted molar refractivity (Wildman–Crippen MR) is 87.9 cm³/mol. The maximum absolute atomic E-state index is 12.4. The molecule has 1 amide bonds. The highest BCUT2D eigenvalue weighted by Gasteiger charge is 2.52. The molecule has 2 aliphatic carbocycles. The first-order valence-corrected chi connectivity index (χ1v) is 8.55. The summed E-state index contributed by atoms with van der Waals surface area (Å²) in [6.07, 6.45) is 5.79. The molecule has 0 aliphatic heterocycles. The Balaban J connectivity index is 1.55. The molecule has 2 aliphatic rings. The third-order valence-electron chi connectivity index (χ3n) is 5.10. The fraction of sp³-hybridized carbons (Fsp3) is 0.526. The van der Waals surface area contributed by atoms with Gasteiger partial charge in [-0.1, -0.05) is 49.6 Å². The van der Waals surface area contributed by atoms with Crippen LogP contribution >= 0.6 is 0 Å². The molecule has 1 aromatic carbocycles. The number of nitriles is 1. The summed E-state index contributed by atoms with van der Waals surface area (Å²) < 4.78 is 5.26. The van der Waals surface area contributed by atoms with Crippen molar-refractivity contribution in [3.05, 3.63) is 35.9 Å². The van der Waals surface area contributed by atoms with Crippen LogP contribution in [0, 0.1) is 11.3 Å². The van der Waals surface area contributed by atoms with Gasteiger partial charge in [-0.15, -0.1) is 0 Å². The SMILES string of the molecule is N#CC1(NC(=O)COC(=O)C2(c3ccccc3)CC2)CCCCC1. The van der Waals surface area contributed by atoms with Crippen molar-refractivity contribution in [2.45, 2.75) is 55.9 Å². The molecule has 1 aromatic rings. The van der Waals surface area contributed by atoms with E-state index >= 15 is 0 Å². The van der Waals surface area contributed by atoms with Crippen molar-refractivity contribution in [3.8, 4) is 6.07 Å². The smallest absolute Gasteiger partial charge is 0.317 e. The number of amides is 1. The fourth-order valence-electron chi connectivity index (χ4n) is 3.49. The minimum Gasteiger partial charge on any atom is -0.455 e. The van der Waals surface area contributed by atoms with Crippen LogP contribution in [0.25, 0.3) is 0 Å². The van der Waals surface area contributed by atoms with E-state index in [-0.39, 0.29) is 12.6 Å². The van der Waals surface area contributed by atoms with Crippen LogP contribution < -0.4 is 5.32 Å². The molecule has 0 radical (unpaired) electrons. The number of benzene rings is 1. The number of ether oxygens (including phenoxy) is 1.